The van der Waals surface area contributed by atoms with Crippen LogP contribution >= 0.6 is 12.4 Å². The SMILES string of the molecule is Cl.O=C(NCCCN1CCNCC1)C1CCN(C(=O)CCc2ccccc2)CC1. The van der Waals surface area contributed by atoms with Crippen LogP contribution in [0, 0.1) is 5.92 Å². The second-order valence-electron chi connectivity index (χ2n) is 7.88. The minimum absolute atomic E-state index is 0. The summed E-state index contributed by atoms with van der Waals surface area (Å²) in [6, 6.07) is 10.1. The van der Waals surface area contributed by atoms with Crippen molar-refractivity contribution < 1.29 is 9.59 Å². The predicted molar refractivity (Wildman–Crippen MR) is 118 cm³/mol. The van der Waals surface area contributed by atoms with Crippen molar-refractivity contribution in [3.05, 3.63) is 35.9 Å². The molecule has 2 amide bonds. The Balaban J connectivity index is 0.00000300. The lowest BCUT2D eigenvalue weighted by atomic mass is 9.95. The molecule has 1 aromatic rings. The van der Waals surface area contributed by atoms with Gasteiger partial charge in [-0.2, -0.15) is 0 Å². The molecule has 7 heteroatoms. The average molecular weight is 423 g/mol. The number of halogens is 1. The Morgan fingerprint density at radius 3 is 2.41 bits per heavy atom. The number of nitrogens with one attached hydrogen (secondary N) is 2. The highest BCUT2D eigenvalue weighted by atomic mass is 35.5. The number of piperazine rings is 1. The molecular formula is C22H35ClN4O2. The first-order valence-corrected chi connectivity index (χ1v) is 10.7. The van der Waals surface area contributed by atoms with E-state index >= 15 is 0 Å². The monoisotopic (exact) mass is 422 g/mol. The molecule has 0 saturated carbocycles. The third-order valence-electron chi connectivity index (χ3n) is 5.85. The quantitative estimate of drug-likeness (QED) is 0.626. The lowest BCUT2D eigenvalue weighted by Crippen LogP contribution is -2.45. The van der Waals surface area contributed by atoms with E-state index < -0.39 is 0 Å². The molecule has 0 atom stereocenters. The number of piperidine rings is 1. The second-order valence-corrected chi connectivity index (χ2v) is 7.88. The summed E-state index contributed by atoms with van der Waals surface area (Å²) in [6.07, 6.45) is 3.89. The van der Waals surface area contributed by atoms with Gasteiger partial charge < -0.3 is 20.4 Å². The Morgan fingerprint density at radius 1 is 1.03 bits per heavy atom. The number of carbonyl (C=O) groups is 2. The van der Waals surface area contributed by atoms with Gasteiger partial charge in [0.1, 0.15) is 0 Å². The maximum absolute atomic E-state index is 12.4. The summed E-state index contributed by atoms with van der Waals surface area (Å²) in [5, 5.41) is 6.45. The molecule has 0 spiro atoms. The van der Waals surface area contributed by atoms with E-state index in [-0.39, 0.29) is 30.1 Å². The number of aryl methyl sites for hydroxylation is 1. The van der Waals surface area contributed by atoms with Crippen LogP contribution in [0.15, 0.2) is 30.3 Å². The van der Waals surface area contributed by atoms with Crippen molar-refractivity contribution in [3.8, 4) is 0 Å². The average Bonchev–Trinajstić information content (AvgIpc) is 2.76. The Labute approximate surface area is 180 Å². The molecule has 162 valence electrons. The zero-order chi connectivity index (χ0) is 19.6. The van der Waals surface area contributed by atoms with Crippen molar-refractivity contribution in [1.29, 1.82) is 0 Å². The topological polar surface area (TPSA) is 64.7 Å². The molecule has 2 aliphatic heterocycles. The standard InChI is InChI=1S/C22H34N4O2.ClH/c27-21(8-7-19-5-2-1-3-6-19)26-15-9-20(10-16-26)22(28)24-11-4-14-25-17-12-23-13-18-25;/h1-3,5-6,20,23H,4,7-18H2,(H,24,28);1H. The number of hydrogen-bond donors (Lipinski definition) is 2. The van der Waals surface area contributed by atoms with E-state index in [1.807, 2.05) is 23.1 Å². The zero-order valence-electron chi connectivity index (χ0n) is 17.3. The fraction of sp³-hybridized carbons (Fsp3) is 0.636. The summed E-state index contributed by atoms with van der Waals surface area (Å²) in [5.74, 6) is 0.424. The highest BCUT2D eigenvalue weighted by Gasteiger charge is 2.26. The summed E-state index contributed by atoms with van der Waals surface area (Å²) >= 11 is 0. The number of hydrogen-bond acceptors (Lipinski definition) is 4. The summed E-state index contributed by atoms with van der Waals surface area (Å²) in [4.78, 5) is 29.2. The normalized spacial score (nSPS) is 18.1. The fourth-order valence-electron chi connectivity index (χ4n) is 4.04. The Kier molecular flexibility index (Phi) is 10.5. The lowest BCUT2D eigenvalue weighted by Gasteiger charge is -2.31. The predicted octanol–water partition coefficient (Wildman–Crippen LogP) is 1.69. The van der Waals surface area contributed by atoms with Crippen LogP contribution in [0.5, 0.6) is 0 Å². The molecule has 0 bridgehead atoms. The van der Waals surface area contributed by atoms with E-state index in [9.17, 15) is 9.59 Å². The van der Waals surface area contributed by atoms with Gasteiger partial charge in [0.2, 0.25) is 11.8 Å². The molecule has 0 unspecified atom stereocenters. The maximum atomic E-state index is 12.4. The molecular weight excluding hydrogens is 388 g/mol. The highest BCUT2D eigenvalue weighted by molar-refractivity contribution is 5.85. The second kappa shape index (κ2) is 12.8. The lowest BCUT2D eigenvalue weighted by molar-refractivity contribution is -0.135. The molecule has 2 aliphatic rings. The first-order valence-electron chi connectivity index (χ1n) is 10.7. The van der Waals surface area contributed by atoms with Gasteiger partial charge in [-0.25, -0.2) is 0 Å². The molecule has 2 N–H and O–H groups in total. The van der Waals surface area contributed by atoms with Crippen LogP contribution in [0.1, 0.15) is 31.2 Å². The third-order valence-corrected chi connectivity index (χ3v) is 5.85. The molecule has 29 heavy (non-hydrogen) atoms. The number of amides is 2. The summed E-state index contributed by atoms with van der Waals surface area (Å²) in [5.41, 5.74) is 1.20. The third kappa shape index (κ3) is 7.96. The van der Waals surface area contributed by atoms with Crippen LogP contribution in [0.25, 0.3) is 0 Å². The van der Waals surface area contributed by atoms with Crippen molar-refractivity contribution in [1.82, 2.24) is 20.4 Å². The summed E-state index contributed by atoms with van der Waals surface area (Å²) < 4.78 is 0. The van der Waals surface area contributed by atoms with Crippen LogP contribution in [0.3, 0.4) is 0 Å². The van der Waals surface area contributed by atoms with Gasteiger partial charge in [-0.3, -0.25) is 9.59 Å². The number of carbonyl (C=O) groups excluding carboxylic acids is 2. The van der Waals surface area contributed by atoms with Crippen LogP contribution in [0.4, 0.5) is 0 Å². The molecule has 2 heterocycles. The van der Waals surface area contributed by atoms with Gasteiger partial charge in [0.15, 0.2) is 0 Å². The molecule has 2 saturated heterocycles. The molecule has 1 aromatic carbocycles. The van der Waals surface area contributed by atoms with Crippen LogP contribution < -0.4 is 10.6 Å². The van der Waals surface area contributed by atoms with Crippen molar-refractivity contribution in [3.63, 3.8) is 0 Å². The first-order chi connectivity index (χ1) is 13.7. The van der Waals surface area contributed by atoms with Crippen LogP contribution in [0.2, 0.25) is 0 Å². The smallest absolute Gasteiger partial charge is 0.223 e. The Hall–Kier alpha value is -1.63. The minimum atomic E-state index is 0. The van der Waals surface area contributed by atoms with Gasteiger partial charge in [-0.1, -0.05) is 30.3 Å². The largest absolute Gasteiger partial charge is 0.356 e. The van der Waals surface area contributed by atoms with Crippen LogP contribution in [-0.4, -0.2) is 74.0 Å². The maximum Gasteiger partial charge on any atom is 0.223 e. The van der Waals surface area contributed by atoms with E-state index in [4.69, 9.17) is 0 Å². The van der Waals surface area contributed by atoms with Gasteiger partial charge in [0.05, 0.1) is 0 Å². The van der Waals surface area contributed by atoms with Crippen molar-refractivity contribution in [2.45, 2.75) is 32.1 Å². The number of rotatable bonds is 8. The molecule has 3 rings (SSSR count). The van der Waals surface area contributed by atoms with Crippen molar-refractivity contribution in [2.24, 2.45) is 5.92 Å². The fourth-order valence-corrected chi connectivity index (χ4v) is 4.04. The van der Waals surface area contributed by atoms with Crippen LogP contribution in [-0.2, 0) is 16.0 Å². The number of nitrogens with zero attached hydrogens (tertiary/aromatic N) is 2. The Bertz CT molecular complexity index is 614. The van der Waals surface area contributed by atoms with Crippen molar-refractivity contribution >= 4 is 24.2 Å². The minimum Gasteiger partial charge on any atom is -0.356 e. The summed E-state index contributed by atoms with van der Waals surface area (Å²) in [7, 11) is 0. The molecule has 0 aromatic heterocycles. The first kappa shape index (κ1) is 23.6. The van der Waals surface area contributed by atoms with Gasteiger partial charge in [-0.05, 0) is 37.8 Å². The zero-order valence-corrected chi connectivity index (χ0v) is 18.1. The van der Waals surface area contributed by atoms with Gasteiger partial charge in [0.25, 0.3) is 0 Å². The summed E-state index contributed by atoms with van der Waals surface area (Å²) in [6.45, 7) is 7.54. The molecule has 0 radical (unpaired) electrons. The molecule has 0 aliphatic carbocycles. The van der Waals surface area contributed by atoms with E-state index in [1.165, 1.54) is 5.56 Å². The number of likely N-dealkylation sites (tertiary alicyclic amines) is 1. The van der Waals surface area contributed by atoms with E-state index in [0.29, 0.717) is 19.5 Å². The van der Waals surface area contributed by atoms with E-state index in [2.05, 4.69) is 27.7 Å². The van der Waals surface area contributed by atoms with Crippen molar-refractivity contribution in [2.75, 3.05) is 52.4 Å². The number of benzene rings is 1. The van der Waals surface area contributed by atoms with Gasteiger partial charge in [-0.15, -0.1) is 12.4 Å². The molecule has 6 nitrogen and oxygen atoms in total. The van der Waals surface area contributed by atoms with Gasteiger partial charge >= 0.3 is 0 Å². The highest BCUT2D eigenvalue weighted by Crippen LogP contribution is 2.18. The van der Waals surface area contributed by atoms with Gasteiger partial charge in [0, 0.05) is 58.2 Å². The molecule has 2 fully saturated rings. The van der Waals surface area contributed by atoms with E-state index in [0.717, 1.165) is 65.0 Å². The Morgan fingerprint density at radius 2 is 1.72 bits per heavy atom. The van der Waals surface area contributed by atoms with E-state index in [1.54, 1.807) is 0 Å².